The van der Waals surface area contributed by atoms with Crippen molar-refractivity contribution in [3.63, 3.8) is 0 Å². The van der Waals surface area contributed by atoms with Gasteiger partial charge in [-0.1, -0.05) is 48.0 Å². The molecule has 0 aliphatic rings. The van der Waals surface area contributed by atoms with E-state index >= 15 is 0 Å². The molecule has 0 bridgehead atoms. The van der Waals surface area contributed by atoms with Crippen LogP contribution >= 0.6 is 0 Å². The van der Waals surface area contributed by atoms with Gasteiger partial charge in [0.1, 0.15) is 0 Å². The molecule has 0 fully saturated rings. The highest BCUT2D eigenvalue weighted by molar-refractivity contribution is 5.70. The van der Waals surface area contributed by atoms with Crippen molar-refractivity contribution in [1.82, 2.24) is 0 Å². The lowest BCUT2D eigenvalue weighted by molar-refractivity contribution is -0.149. The van der Waals surface area contributed by atoms with Gasteiger partial charge in [0.25, 0.3) is 0 Å². The first kappa shape index (κ1) is 23.9. The Morgan fingerprint density at radius 2 is 1.44 bits per heavy atom. The van der Waals surface area contributed by atoms with Crippen LogP contribution in [0.3, 0.4) is 0 Å². The van der Waals surface area contributed by atoms with Crippen LogP contribution in [0, 0.1) is 17.3 Å². The van der Waals surface area contributed by atoms with Gasteiger partial charge in [0.05, 0.1) is 12.7 Å². The van der Waals surface area contributed by atoms with Crippen LogP contribution in [0.15, 0.2) is 0 Å². The van der Waals surface area contributed by atoms with Gasteiger partial charge in [0, 0.05) is 12.8 Å². The second-order valence-electron chi connectivity index (χ2n) is 9.04. The Hall–Kier alpha value is -1.06. The van der Waals surface area contributed by atoms with E-state index in [1.807, 2.05) is 6.92 Å². The lowest BCUT2D eigenvalue weighted by Gasteiger charge is -2.22. The van der Waals surface area contributed by atoms with Gasteiger partial charge in [-0.2, -0.15) is 0 Å². The maximum atomic E-state index is 11.7. The van der Waals surface area contributed by atoms with Crippen LogP contribution in [0.25, 0.3) is 0 Å². The standard InChI is InChI=1S/C21H40O4/c1-16(2)13-18(4)25-20(23)12-10-8-9-11-19(22)24-15-17(3)14-21(5,6)7/h16-18H,8-15H2,1-7H3. The summed E-state index contributed by atoms with van der Waals surface area (Å²) in [5, 5.41) is 0. The number of carbonyl (C=O) groups excluding carboxylic acids is 2. The van der Waals surface area contributed by atoms with Crippen LogP contribution in [0.5, 0.6) is 0 Å². The minimum atomic E-state index is -0.133. The molecule has 25 heavy (non-hydrogen) atoms. The number of rotatable bonds is 12. The Kier molecular flexibility index (Phi) is 11.8. The van der Waals surface area contributed by atoms with Crippen molar-refractivity contribution in [3.05, 3.63) is 0 Å². The van der Waals surface area contributed by atoms with Gasteiger partial charge >= 0.3 is 11.9 Å². The molecule has 0 aliphatic carbocycles. The molecule has 0 spiro atoms. The first-order valence-electron chi connectivity index (χ1n) is 9.84. The van der Waals surface area contributed by atoms with Gasteiger partial charge in [-0.3, -0.25) is 9.59 Å². The maximum Gasteiger partial charge on any atom is 0.306 e. The predicted octanol–water partition coefficient (Wildman–Crippen LogP) is 5.53. The Morgan fingerprint density at radius 3 is 1.96 bits per heavy atom. The fraction of sp³-hybridized carbons (Fsp3) is 0.905. The molecule has 0 aromatic rings. The lowest BCUT2D eigenvalue weighted by Crippen LogP contribution is -2.17. The van der Waals surface area contributed by atoms with Gasteiger partial charge < -0.3 is 9.47 Å². The van der Waals surface area contributed by atoms with Crippen LogP contribution in [-0.4, -0.2) is 24.6 Å². The summed E-state index contributed by atoms with van der Waals surface area (Å²) in [6, 6.07) is 0. The highest BCUT2D eigenvalue weighted by Crippen LogP contribution is 2.24. The summed E-state index contributed by atoms with van der Waals surface area (Å²) in [5.74, 6) is 0.645. The minimum Gasteiger partial charge on any atom is -0.465 e. The molecule has 0 aromatic carbocycles. The Labute approximate surface area is 155 Å². The van der Waals surface area contributed by atoms with Crippen molar-refractivity contribution in [3.8, 4) is 0 Å². The van der Waals surface area contributed by atoms with Gasteiger partial charge in [-0.25, -0.2) is 0 Å². The summed E-state index contributed by atoms with van der Waals surface area (Å²) >= 11 is 0. The SMILES string of the molecule is CC(C)CC(C)OC(=O)CCCCCC(=O)OCC(C)CC(C)(C)C. The quantitative estimate of drug-likeness (QED) is 0.341. The number of hydrogen-bond acceptors (Lipinski definition) is 4. The van der Waals surface area contributed by atoms with Crippen molar-refractivity contribution >= 4 is 11.9 Å². The topological polar surface area (TPSA) is 52.6 Å². The van der Waals surface area contributed by atoms with E-state index in [9.17, 15) is 9.59 Å². The van der Waals surface area contributed by atoms with E-state index in [0.29, 0.717) is 31.3 Å². The molecule has 2 atom stereocenters. The summed E-state index contributed by atoms with van der Waals surface area (Å²) in [4.78, 5) is 23.5. The van der Waals surface area contributed by atoms with Crippen LogP contribution in [-0.2, 0) is 19.1 Å². The molecule has 2 unspecified atom stereocenters. The molecule has 0 heterocycles. The van der Waals surface area contributed by atoms with Crippen molar-refractivity contribution in [2.45, 2.75) is 99.5 Å². The second-order valence-corrected chi connectivity index (χ2v) is 9.04. The fourth-order valence-electron chi connectivity index (χ4n) is 3.12. The van der Waals surface area contributed by atoms with Crippen molar-refractivity contribution in [1.29, 1.82) is 0 Å². The Balaban J connectivity index is 3.67. The number of esters is 2. The summed E-state index contributed by atoms with van der Waals surface area (Å²) in [7, 11) is 0. The molecule has 0 aromatic heterocycles. The van der Waals surface area contributed by atoms with E-state index in [0.717, 1.165) is 32.1 Å². The van der Waals surface area contributed by atoms with Crippen LogP contribution < -0.4 is 0 Å². The molecular weight excluding hydrogens is 316 g/mol. The van der Waals surface area contributed by atoms with Gasteiger partial charge in [0.15, 0.2) is 0 Å². The molecular formula is C21H40O4. The molecule has 4 nitrogen and oxygen atoms in total. The normalized spacial score (nSPS) is 14.2. The lowest BCUT2D eigenvalue weighted by atomic mass is 9.86. The highest BCUT2D eigenvalue weighted by atomic mass is 16.5. The molecule has 0 saturated heterocycles. The van der Waals surface area contributed by atoms with E-state index in [1.54, 1.807) is 0 Å². The third-order valence-electron chi connectivity index (χ3n) is 3.89. The van der Waals surface area contributed by atoms with Gasteiger partial charge in [-0.05, 0) is 49.9 Å². The van der Waals surface area contributed by atoms with Crippen LogP contribution in [0.4, 0.5) is 0 Å². The van der Waals surface area contributed by atoms with Crippen molar-refractivity contribution in [2.24, 2.45) is 17.3 Å². The van der Waals surface area contributed by atoms with Gasteiger partial charge in [-0.15, -0.1) is 0 Å². The van der Waals surface area contributed by atoms with E-state index in [-0.39, 0.29) is 23.5 Å². The number of hydrogen-bond donors (Lipinski definition) is 0. The maximum absolute atomic E-state index is 11.7. The largest absolute Gasteiger partial charge is 0.465 e. The molecule has 0 N–H and O–H groups in total. The number of unbranched alkanes of at least 4 members (excludes halogenated alkanes) is 2. The summed E-state index contributed by atoms with van der Waals surface area (Å²) in [6.45, 7) is 15.4. The van der Waals surface area contributed by atoms with E-state index in [2.05, 4.69) is 41.5 Å². The van der Waals surface area contributed by atoms with E-state index in [1.165, 1.54) is 0 Å². The number of carbonyl (C=O) groups is 2. The Morgan fingerprint density at radius 1 is 0.880 bits per heavy atom. The Bertz CT molecular complexity index is 382. The summed E-state index contributed by atoms with van der Waals surface area (Å²) in [5.41, 5.74) is 0.257. The third-order valence-corrected chi connectivity index (χ3v) is 3.89. The molecule has 0 rings (SSSR count). The highest BCUT2D eigenvalue weighted by Gasteiger charge is 2.16. The smallest absolute Gasteiger partial charge is 0.306 e. The molecule has 0 radical (unpaired) electrons. The summed E-state index contributed by atoms with van der Waals surface area (Å²) < 4.78 is 10.7. The van der Waals surface area contributed by atoms with E-state index < -0.39 is 0 Å². The van der Waals surface area contributed by atoms with Crippen molar-refractivity contribution < 1.29 is 19.1 Å². The first-order chi connectivity index (χ1) is 11.5. The minimum absolute atomic E-state index is 0.0161. The van der Waals surface area contributed by atoms with E-state index in [4.69, 9.17) is 9.47 Å². The zero-order chi connectivity index (χ0) is 19.5. The monoisotopic (exact) mass is 356 g/mol. The van der Waals surface area contributed by atoms with Crippen molar-refractivity contribution in [2.75, 3.05) is 6.61 Å². The zero-order valence-corrected chi connectivity index (χ0v) is 17.5. The molecule has 0 aliphatic heterocycles. The van der Waals surface area contributed by atoms with Crippen LogP contribution in [0.2, 0.25) is 0 Å². The second kappa shape index (κ2) is 12.3. The summed E-state index contributed by atoms with van der Waals surface area (Å²) in [6.07, 6.45) is 5.16. The van der Waals surface area contributed by atoms with Gasteiger partial charge in [0.2, 0.25) is 0 Å². The fourth-order valence-corrected chi connectivity index (χ4v) is 3.12. The average Bonchev–Trinajstić information content (AvgIpc) is 2.41. The first-order valence-corrected chi connectivity index (χ1v) is 9.84. The predicted molar refractivity (Wildman–Crippen MR) is 102 cm³/mol. The molecule has 4 heteroatoms. The number of ether oxygens (including phenoxy) is 2. The molecule has 0 amide bonds. The molecule has 148 valence electrons. The third kappa shape index (κ3) is 16.2. The average molecular weight is 357 g/mol. The zero-order valence-electron chi connectivity index (χ0n) is 17.5. The molecule has 0 saturated carbocycles. The van der Waals surface area contributed by atoms with Crippen LogP contribution in [0.1, 0.15) is 93.4 Å².